The Hall–Kier alpha value is -3.81. The third-order valence-corrected chi connectivity index (χ3v) is 5.90. The van der Waals surface area contributed by atoms with E-state index in [1.54, 1.807) is 42.5 Å². The van der Waals surface area contributed by atoms with Crippen molar-refractivity contribution in [2.24, 2.45) is 5.10 Å². The predicted molar refractivity (Wildman–Crippen MR) is 125 cm³/mol. The van der Waals surface area contributed by atoms with Crippen molar-refractivity contribution in [2.75, 3.05) is 0 Å². The number of fused-ring (bicyclic) bond motifs is 1. The summed E-state index contributed by atoms with van der Waals surface area (Å²) in [5.41, 5.74) is 4.91. The monoisotopic (exact) mass is 444 g/mol. The number of carbonyl (C=O) groups is 1. The predicted octanol–water partition coefficient (Wildman–Crippen LogP) is 4.45. The zero-order valence-corrected chi connectivity index (χ0v) is 17.8. The Morgan fingerprint density at radius 2 is 1.56 bits per heavy atom. The summed E-state index contributed by atoms with van der Waals surface area (Å²) in [7, 11) is -4.47. The van der Waals surface area contributed by atoms with Gasteiger partial charge in [-0.05, 0) is 28.0 Å². The average molecular weight is 445 g/mol. The second-order valence-electron chi connectivity index (χ2n) is 7.18. The zero-order chi connectivity index (χ0) is 22.6. The minimum atomic E-state index is -4.47. The van der Waals surface area contributed by atoms with Crippen molar-refractivity contribution < 1.29 is 17.8 Å². The summed E-state index contributed by atoms with van der Waals surface area (Å²) in [6.45, 7) is 0. The third-order valence-electron chi connectivity index (χ3n) is 5.00. The molecule has 0 aliphatic heterocycles. The molecule has 4 aromatic rings. The maximum Gasteiger partial charge on any atom is 0.295 e. The van der Waals surface area contributed by atoms with E-state index in [0.717, 1.165) is 10.9 Å². The molecule has 0 heterocycles. The van der Waals surface area contributed by atoms with E-state index in [0.29, 0.717) is 22.1 Å². The highest BCUT2D eigenvalue weighted by Gasteiger charge is 2.20. The molecule has 7 heteroatoms. The van der Waals surface area contributed by atoms with Crippen molar-refractivity contribution in [3.8, 4) is 11.1 Å². The molecule has 1 amide bonds. The van der Waals surface area contributed by atoms with E-state index in [-0.39, 0.29) is 17.2 Å². The van der Waals surface area contributed by atoms with Crippen molar-refractivity contribution >= 4 is 33.0 Å². The lowest BCUT2D eigenvalue weighted by Crippen LogP contribution is -2.19. The van der Waals surface area contributed by atoms with Gasteiger partial charge in [-0.2, -0.15) is 13.5 Å². The van der Waals surface area contributed by atoms with Crippen LogP contribution >= 0.6 is 0 Å². The summed E-state index contributed by atoms with van der Waals surface area (Å²) in [6, 6.07) is 26.8. The van der Waals surface area contributed by atoms with E-state index in [2.05, 4.69) is 10.5 Å². The number of hydrogen-bond acceptors (Lipinski definition) is 4. The average Bonchev–Trinajstić information content (AvgIpc) is 2.79. The van der Waals surface area contributed by atoms with Crippen molar-refractivity contribution in [3.63, 3.8) is 0 Å². The second-order valence-corrected chi connectivity index (χ2v) is 8.57. The van der Waals surface area contributed by atoms with Gasteiger partial charge in [0.05, 0.1) is 12.6 Å². The van der Waals surface area contributed by atoms with Gasteiger partial charge in [-0.25, -0.2) is 5.43 Å². The van der Waals surface area contributed by atoms with Crippen LogP contribution in [0, 0.1) is 0 Å². The Kier molecular flexibility index (Phi) is 6.11. The first-order chi connectivity index (χ1) is 15.4. The third kappa shape index (κ3) is 4.74. The molecule has 160 valence electrons. The summed E-state index contributed by atoms with van der Waals surface area (Å²) in [5.74, 6) is -0.270. The van der Waals surface area contributed by atoms with Gasteiger partial charge in [-0.3, -0.25) is 9.35 Å². The first kappa shape index (κ1) is 21.4. The lowest BCUT2D eigenvalue weighted by molar-refractivity contribution is -0.120. The Bertz CT molecular complexity index is 1410. The molecule has 0 saturated heterocycles. The molecule has 4 aromatic carbocycles. The first-order valence-corrected chi connectivity index (χ1v) is 11.3. The first-order valence-electron chi connectivity index (χ1n) is 9.88. The fourth-order valence-electron chi connectivity index (χ4n) is 3.58. The van der Waals surface area contributed by atoms with Gasteiger partial charge in [0, 0.05) is 11.1 Å². The van der Waals surface area contributed by atoms with Gasteiger partial charge in [-0.1, -0.05) is 84.9 Å². The Balaban J connectivity index is 1.71. The van der Waals surface area contributed by atoms with Crippen molar-refractivity contribution in [3.05, 3.63) is 102 Å². The van der Waals surface area contributed by atoms with Gasteiger partial charge in [0.25, 0.3) is 10.1 Å². The number of hydrazone groups is 1. The Labute approximate surface area is 186 Å². The van der Waals surface area contributed by atoms with Gasteiger partial charge >= 0.3 is 0 Å². The molecule has 0 aromatic heterocycles. The van der Waals surface area contributed by atoms with Crippen molar-refractivity contribution in [1.29, 1.82) is 0 Å². The molecule has 0 fully saturated rings. The largest absolute Gasteiger partial charge is 0.295 e. The number of benzene rings is 4. The van der Waals surface area contributed by atoms with E-state index < -0.39 is 10.1 Å². The molecule has 0 aliphatic carbocycles. The molecular weight excluding hydrogens is 424 g/mol. The number of carbonyl (C=O) groups excluding carboxylic acids is 1. The molecule has 4 rings (SSSR count). The minimum Gasteiger partial charge on any atom is -0.282 e. The molecule has 0 unspecified atom stereocenters. The van der Waals surface area contributed by atoms with E-state index in [9.17, 15) is 17.8 Å². The number of hydrogen-bond donors (Lipinski definition) is 2. The lowest BCUT2D eigenvalue weighted by atomic mass is 9.95. The van der Waals surface area contributed by atoms with Crippen LogP contribution in [-0.2, 0) is 21.3 Å². The SMILES string of the molecule is O=C(Cc1ccccc1)N/N=C/c1ccccc1-c1c(S(=O)(=O)O)ccc2ccccc12. The van der Waals surface area contributed by atoms with Gasteiger partial charge in [-0.15, -0.1) is 0 Å². The number of amides is 1. The summed E-state index contributed by atoms with van der Waals surface area (Å²) >= 11 is 0. The van der Waals surface area contributed by atoms with E-state index in [1.807, 2.05) is 42.5 Å². The fraction of sp³-hybridized carbons (Fsp3) is 0.0400. The highest BCUT2D eigenvalue weighted by Crippen LogP contribution is 2.36. The lowest BCUT2D eigenvalue weighted by Gasteiger charge is -2.14. The van der Waals surface area contributed by atoms with Crippen molar-refractivity contribution in [1.82, 2.24) is 5.43 Å². The quantitative estimate of drug-likeness (QED) is 0.261. The molecular formula is C25H20N2O4S. The van der Waals surface area contributed by atoms with Crippen LogP contribution in [0.4, 0.5) is 0 Å². The topological polar surface area (TPSA) is 95.8 Å². The molecule has 0 radical (unpaired) electrons. The van der Waals surface area contributed by atoms with Crippen LogP contribution in [0.25, 0.3) is 21.9 Å². The highest BCUT2D eigenvalue weighted by atomic mass is 32.2. The van der Waals surface area contributed by atoms with Crippen LogP contribution in [0.2, 0.25) is 0 Å². The smallest absolute Gasteiger partial charge is 0.282 e. The summed E-state index contributed by atoms with van der Waals surface area (Å²) in [5, 5.41) is 5.57. The molecule has 2 N–H and O–H groups in total. The van der Waals surface area contributed by atoms with Crippen LogP contribution in [0.5, 0.6) is 0 Å². The van der Waals surface area contributed by atoms with E-state index >= 15 is 0 Å². The normalized spacial score (nSPS) is 11.7. The summed E-state index contributed by atoms with van der Waals surface area (Å²) in [6.07, 6.45) is 1.66. The van der Waals surface area contributed by atoms with Crippen molar-refractivity contribution in [2.45, 2.75) is 11.3 Å². The van der Waals surface area contributed by atoms with Crippen LogP contribution in [0.1, 0.15) is 11.1 Å². The van der Waals surface area contributed by atoms with Gasteiger partial charge in [0.15, 0.2) is 0 Å². The number of rotatable bonds is 6. The Morgan fingerprint density at radius 3 is 2.34 bits per heavy atom. The number of nitrogens with one attached hydrogen (secondary N) is 1. The number of nitrogens with zero attached hydrogens (tertiary/aromatic N) is 1. The molecule has 0 bridgehead atoms. The van der Waals surface area contributed by atoms with Crippen LogP contribution in [-0.4, -0.2) is 25.1 Å². The molecule has 0 saturated carbocycles. The maximum absolute atomic E-state index is 12.2. The summed E-state index contributed by atoms with van der Waals surface area (Å²) in [4.78, 5) is 12.0. The standard InChI is InChI=1S/C25H20N2O4S/c28-24(16-18-8-2-1-3-9-18)27-26-17-20-11-5-7-13-22(20)25-21-12-6-4-10-19(21)14-15-23(25)32(29,30)31/h1-15,17H,16H2,(H,27,28)(H,29,30,31)/b26-17+. The Morgan fingerprint density at radius 1 is 0.875 bits per heavy atom. The van der Waals surface area contributed by atoms with Gasteiger partial charge in [0.1, 0.15) is 4.90 Å². The summed E-state index contributed by atoms with van der Waals surface area (Å²) < 4.78 is 34.1. The second kappa shape index (κ2) is 9.13. The molecule has 0 aliphatic rings. The van der Waals surface area contributed by atoms with E-state index in [1.165, 1.54) is 12.3 Å². The zero-order valence-electron chi connectivity index (χ0n) is 17.0. The van der Waals surface area contributed by atoms with E-state index in [4.69, 9.17) is 0 Å². The fourth-order valence-corrected chi connectivity index (χ4v) is 4.29. The van der Waals surface area contributed by atoms with Crippen LogP contribution in [0.15, 0.2) is 101 Å². The molecule has 0 spiro atoms. The molecule has 6 nitrogen and oxygen atoms in total. The van der Waals surface area contributed by atoms with Gasteiger partial charge in [0.2, 0.25) is 5.91 Å². The molecule has 0 atom stereocenters. The van der Waals surface area contributed by atoms with Crippen LogP contribution < -0.4 is 5.43 Å². The maximum atomic E-state index is 12.2. The molecule has 32 heavy (non-hydrogen) atoms. The minimum absolute atomic E-state index is 0.190. The van der Waals surface area contributed by atoms with Gasteiger partial charge < -0.3 is 0 Å². The van der Waals surface area contributed by atoms with Crippen LogP contribution in [0.3, 0.4) is 0 Å². The highest BCUT2D eigenvalue weighted by molar-refractivity contribution is 7.86.